The van der Waals surface area contributed by atoms with Crippen LogP contribution in [0.5, 0.6) is 5.88 Å². The van der Waals surface area contributed by atoms with Crippen LogP contribution in [0.25, 0.3) is 5.52 Å². The van der Waals surface area contributed by atoms with Crippen LogP contribution in [-0.4, -0.2) is 53.4 Å². The Morgan fingerprint density at radius 2 is 1.91 bits per heavy atom. The Morgan fingerprint density at radius 1 is 1.23 bits per heavy atom. The van der Waals surface area contributed by atoms with Crippen molar-refractivity contribution >= 4 is 11.2 Å². The highest BCUT2D eigenvalue weighted by Crippen LogP contribution is 2.28. The summed E-state index contributed by atoms with van der Waals surface area (Å²) in [6.45, 7) is 10.7. The Kier molecular flexibility index (Phi) is 4.96. The number of nitrogens with zero attached hydrogens (tertiary/aromatic N) is 3. The van der Waals surface area contributed by atoms with Gasteiger partial charge in [0.2, 0.25) is 0 Å². The third kappa shape index (κ3) is 3.04. The molecule has 0 aliphatic carbocycles. The van der Waals surface area contributed by atoms with Gasteiger partial charge in [0.05, 0.1) is 24.6 Å². The first kappa shape index (κ1) is 16.6. The quantitative estimate of drug-likeness (QED) is 0.799. The number of likely N-dealkylation sites (N-methyl/N-ethyl adjacent to an activating group) is 1. The van der Waals surface area contributed by atoms with Crippen LogP contribution in [-0.2, 0) is 0 Å². The second-order valence-corrected chi connectivity index (χ2v) is 6.57. The van der Waals surface area contributed by atoms with Gasteiger partial charge in [0.15, 0.2) is 0 Å². The molecule has 0 aliphatic rings. The molecule has 0 spiro atoms. The molecule has 0 aromatic carbocycles. The summed E-state index contributed by atoms with van der Waals surface area (Å²) in [5, 5.41) is 7.72. The first-order valence-corrected chi connectivity index (χ1v) is 8.03. The molecule has 0 atom stereocenters. The predicted molar refractivity (Wildman–Crippen MR) is 91.6 cm³/mol. The molecule has 0 unspecified atom stereocenters. The zero-order chi connectivity index (χ0) is 16.3. The molecular weight excluding hydrogens is 276 g/mol. The zero-order valence-corrected chi connectivity index (χ0v) is 14.6. The van der Waals surface area contributed by atoms with Crippen LogP contribution in [0.15, 0.2) is 24.4 Å². The SMILES string of the molecule is CNc1c(OCC[N+](C)(C(C)C)C(C)C)nn2ccccc12. The Morgan fingerprint density at radius 3 is 2.50 bits per heavy atom. The summed E-state index contributed by atoms with van der Waals surface area (Å²) in [6, 6.07) is 7.14. The summed E-state index contributed by atoms with van der Waals surface area (Å²) in [5.74, 6) is 0.674. The van der Waals surface area contributed by atoms with E-state index in [1.807, 2.05) is 36.0 Å². The molecular formula is C17H29N4O+. The van der Waals surface area contributed by atoms with Gasteiger partial charge < -0.3 is 14.5 Å². The number of anilines is 1. The van der Waals surface area contributed by atoms with Gasteiger partial charge in [-0.2, -0.15) is 0 Å². The van der Waals surface area contributed by atoms with Crippen molar-refractivity contribution in [2.45, 2.75) is 39.8 Å². The molecule has 0 aliphatic heterocycles. The number of hydrogen-bond acceptors (Lipinski definition) is 3. The maximum absolute atomic E-state index is 6.00. The molecule has 5 nitrogen and oxygen atoms in total. The first-order chi connectivity index (χ1) is 10.4. The average Bonchev–Trinajstić information content (AvgIpc) is 2.83. The van der Waals surface area contributed by atoms with Gasteiger partial charge in [-0.3, -0.25) is 0 Å². The topological polar surface area (TPSA) is 38.6 Å². The standard InChI is InChI=1S/C17H29N4O/c1-13(2)21(6,14(3)4)11-12-22-17-16(18-5)15-9-7-8-10-20(15)19-17/h7-10,13-14,18H,11-12H2,1-6H3/q+1. The van der Waals surface area contributed by atoms with E-state index in [4.69, 9.17) is 4.74 Å². The van der Waals surface area contributed by atoms with Gasteiger partial charge in [-0.25, -0.2) is 4.52 Å². The van der Waals surface area contributed by atoms with Crippen LogP contribution < -0.4 is 10.1 Å². The van der Waals surface area contributed by atoms with Crippen molar-refractivity contribution in [1.82, 2.24) is 9.61 Å². The van der Waals surface area contributed by atoms with Gasteiger partial charge in [0.25, 0.3) is 5.88 Å². The van der Waals surface area contributed by atoms with E-state index in [2.05, 4.69) is 45.2 Å². The van der Waals surface area contributed by atoms with Gasteiger partial charge in [-0.05, 0) is 39.8 Å². The van der Waals surface area contributed by atoms with E-state index in [1.54, 1.807) is 0 Å². The van der Waals surface area contributed by atoms with E-state index >= 15 is 0 Å². The van der Waals surface area contributed by atoms with Crippen LogP contribution in [0.1, 0.15) is 27.7 Å². The van der Waals surface area contributed by atoms with E-state index in [0.717, 1.165) is 22.2 Å². The molecule has 0 bridgehead atoms. The van der Waals surface area contributed by atoms with Crippen LogP contribution >= 0.6 is 0 Å². The number of rotatable bonds is 7. The first-order valence-electron chi connectivity index (χ1n) is 8.03. The molecule has 0 amide bonds. The van der Waals surface area contributed by atoms with E-state index < -0.39 is 0 Å². The van der Waals surface area contributed by atoms with Gasteiger partial charge in [-0.15, -0.1) is 5.10 Å². The normalized spacial score (nSPS) is 12.4. The van der Waals surface area contributed by atoms with Gasteiger partial charge in [0.1, 0.15) is 18.8 Å². The van der Waals surface area contributed by atoms with Crippen molar-refractivity contribution in [3.63, 3.8) is 0 Å². The largest absolute Gasteiger partial charge is 0.469 e. The van der Waals surface area contributed by atoms with Gasteiger partial charge in [0, 0.05) is 13.2 Å². The number of pyridine rings is 1. The number of fused-ring (bicyclic) bond motifs is 1. The number of hydrogen-bond donors (Lipinski definition) is 1. The average molecular weight is 305 g/mol. The third-order valence-corrected chi connectivity index (χ3v) is 4.93. The minimum absolute atomic E-state index is 0.563. The highest BCUT2D eigenvalue weighted by molar-refractivity contribution is 5.76. The maximum atomic E-state index is 6.00. The van der Waals surface area contributed by atoms with Crippen LogP contribution in [0.3, 0.4) is 0 Å². The Balaban J connectivity index is 2.12. The number of aromatic nitrogens is 2. The van der Waals surface area contributed by atoms with Crippen molar-refractivity contribution in [3.05, 3.63) is 24.4 Å². The van der Waals surface area contributed by atoms with E-state index in [0.29, 0.717) is 24.6 Å². The van der Waals surface area contributed by atoms with Gasteiger partial charge in [-0.1, -0.05) is 6.07 Å². The van der Waals surface area contributed by atoms with Crippen molar-refractivity contribution in [1.29, 1.82) is 0 Å². The Labute approximate surface area is 133 Å². The van der Waals surface area contributed by atoms with Crippen molar-refractivity contribution in [2.24, 2.45) is 0 Å². The fourth-order valence-corrected chi connectivity index (χ4v) is 2.76. The minimum atomic E-state index is 0.563. The second-order valence-electron chi connectivity index (χ2n) is 6.57. The lowest BCUT2D eigenvalue weighted by Gasteiger charge is -2.42. The maximum Gasteiger partial charge on any atom is 0.257 e. The molecule has 5 heteroatoms. The molecule has 0 radical (unpaired) electrons. The molecule has 2 aromatic rings. The lowest BCUT2D eigenvalue weighted by atomic mass is 10.1. The number of nitrogens with one attached hydrogen (secondary N) is 1. The van der Waals surface area contributed by atoms with E-state index in [9.17, 15) is 0 Å². The van der Waals surface area contributed by atoms with Crippen LogP contribution in [0.4, 0.5) is 5.69 Å². The zero-order valence-electron chi connectivity index (χ0n) is 14.6. The molecule has 0 saturated heterocycles. The van der Waals surface area contributed by atoms with Crippen molar-refractivity contribution < 1.29 is 9.22 Å². The van der Waals surface area contributed by atoms with Crippen LogP contribution in [0.2, 0.25) is 0 Å². The molecule has 122 valence electrons. The molecule has 22 heavy (non-hydrogen) atoms. The highest BCUT2D eigenvalue weighted by Gasteiger charge is 2.29. The summed E-state index contributed by atoms with van der Waals surface area (Å²) in [4.78, 5) is 0. The second kappa shape index (κ2) is 6.57. The van der Waals surface area contributed by atoms with Crippen molar-refractivity contribution in [3.8, 4) is 5.88 Å². The molecule has 0 fully saturated rings. The Hall–Kier alpha value is -1.75. The fourth-order valence-electron chi connectivity index (χ4n) is 2.76. The monoisotopic (exact) mass is 305 g/mol. The Bertz CT molecular complexity index is 610. The lowest BCUT2D eigenvalue weighted by molar-refractivity contribution is -0.949. The predicted octanol–water partition coefficient (Wildman–Crippen LogP) is 3.02. The number of quaternary nitrogens is 1. The van der Waals surface area contributed by atoms with Crippen LogP contribution in [0, 0.1) is 0 Å². The molecule has 1 N–H and O–H groups in total. The summed E-state index contributed by atoms with van der Waals surface area (Å²) in [5.41, 5.74) is 1.98. The van der Waals surface area contributed by atoms with Crippen molar-refractivity contribution in [2.75, 3.05) is 32.6 Å². The smallest absolute Gasteiger partial charge is 0.257 e. The summed E-state index contributed by atoms with van der Waals surface area (Å²) >= 11 is 0. The number of ether oxygens (including phenoxy) is 1. The summed E-state index contributed by atoms with van der Waals surface area (Å²) in [6.07, 6.45) is 1.94. The molecule has 2 heterocycles. The van der Waals surface area contributed by atoms with E-state index in [-0.39, 0.29) is 0 Å². The minimum Gasteiger partial charge on any atom is -0.469 e. The molecule has 0 saturated carbocycles. The summed E-state index contributed by atoms with van der Waals surface area (Å²) in [7, 11) is 4.20. The fraction of sp³-hybridized carbons (Fsp3) is 0.588. The third-order valence-electron chi connectivity index (χ3n) is 4.93. The van der Waals surface area contributed by atoms with E-state index in [1.165, 1.54) is 0 Å². The molecule has 2 aromatic heterocycles. The van der Waals surface area contributed by atoms with Gasteiger partial charge >= 0.3 is 0 Å². The lowest BCUT2D eigenvalue weighted by Crippen LogP contribution is -2.56. The molecule has 2 rings (SSSR count). The summed E-state index contributed by atoms with van der Waals surface area (Å²) < 4.78 is 8.83. The highest BCUT2D eigenvalue weighted by atomic mass is 16.5.